The largest absolute Gasteiger partial charge is 0.393 e. The van der Waals surface area contributed by atoms with Gasteiger partial charge in [0.1, 0.15) is 11.2 Å². The van der Waals surface area contributed by atoms with E-state index in [2.05, 4.69) is 36.7 Å². The van der Waals surface area contributed by atoms with Crippen LogP contribution in [0.5, 0.6) is 0 Å². The number of rotatable bonds is 6. The molecule has 6 atom stereocenters. The van der Waals surface area contributed by atoms with Crippen LogP contribution in [0, 0.1) is 17.2 Å². The maximum atomic E-state index is 15.0. The van der Waals surface area contributed by atoms with Gasteiger partial charge >= 0.3 is 0 Å². The minimum Gasteiger partial charge on any atom is -0.393 e. The molecule has 0 radical (unpaired) electrons. The highest BCUT2D eigenvalue weighted by molar-refractivity contribution is 6.31. The summed E-state index contributed by atoms with van der Waals surface area (Å²) in [6, 6.07) is 8.77. The van der Waals surface area contributed by atoms with Crippen molar-refractivity contribution >= 4 is 40.7 Å². The fourth-order valence-electron chi connectivity index (χ4n) is 6.95. The van der Waals surface area contributed by atoms with Gasteiger partial charge in [-0.1, -0.05) is 56.1 Å². The van der Waals surface area contributed by atoms with E-state index in [4.69, 9.17) is 23.2 Å². The summed E-state index contributed by atoms with van der Waals surface area (Å²) in [5.74, 6) is -1.40. The van der Waals surface area contributed by atoms with Gasteiger partial charge in [-0.2, -0.15) is 0 Å². The van der Waals surface area contributed by atoms with Gasteiger partial charge in [-0.15, -0.1) is 0 Å². The molecule has 6 unspecified atom stereocenters. The van der Waals surface area contributed by atoms with Crippen molar-refractivity contribution in [3.05, 3.63) is 63.4 Å². The Morgan fingerprint density at radius 2 is 1.97 bits per heavy atom. The second kappa shape index (κ2) is 10.7. The third-order valence-corrected chi connectivity index (χ3v) is 9.08. The lowest BCUT2D eigenvalue weighted by molar-refractivity contribution is -0.123. The van der Waals surface area contributed by atoms with Gasteiger partial charge in [0.15, 0.2) is 0 Å². The standard InChI is InChI=1S/C30H36Cl2FN3O3/c1-29(2,3)15-24-30(20-13-22(33)21(32)14-23(20)35-28(30)39)25(17-5-4-6-18(31)12-17)26(36-24)27(38)34-10-9-16-7-8-19(37)11-16/h4-6,12-14,16,19,24-26,36-37H,7-11,15H2,1-3H3,(H,34,38)(H,35,39). The van der Waals surface area contributed by atoms with Crippen molar-refractivity contribution in [2.24, 2.45) is 11.3 Å². The van der Waals surface area contributed by atoms with Gasteiger partial charge in [-0.25, -0.2) is 4.39 Å². The highest BCUT2D eigenvalue weighted by atomic mass is 35.5. The molecule has 4 N–H and O–H groups in total. The summed E-state index contributed by atoms with van der Waals surface area (Å²) in [6.07, 6.45) is 3.58. The van der Waals surface area contributed by atoms with E-state index in [0.717, 1.165) is 31.2 Å². The summed E-state index contributed by atoms with van der Waals surface area (Å²) in [7, 11) is 0. The Balaban J connectivity index is 1.58. The lowest BCUT2D eigenvalue weighted by atomic mass is 9.62. The van der Waals surface area contributed by atoms with Gasteiger partial charge in [-0.3, -0.25) is 9.59 Å². The molecule has 2 aromatic carbocycles. The first-order valence-corrected chi connectivity index (χ1v) is 14.4. The molecule has 2 amide bonds. The number of carbonyl (C=O) groups excluding carboxylic acids is 2. The van der Waals surface area contributed by atoms with Crippen molar-refractivity contribution in [2.45, 2.75) is 82.4 Å². The predicted octanol–water partition coefficient (Wildman–Crippen LogP) is 5.55. The Morgan fingerprint density at radius 1 is 1.21 bits per heavy atom. The van der Waals surface area contributed by atoms with Crippen LogP contribution >= 0.6 is 23.2 Å². The molecular formula is C30H36Cl2FN3O3. The molecule has 39 heavy (non-hydrogen) atoms. The first-order chi connectivity index (χ1) is 18.4. The fourth-order valence-corrected chi connectivity index (χ4v) is 7.32. The number of hydrogen-bond acceptors (Lipinski definition) is 4. The van der Waals surface area contributed by atoms with Crippen LogP contribution in [-0.4, -0.2) is 41.7 Å². The SMILES string of the molecule is CC(C)(C)CC1NC(C(=O)NCCC2CCC(O)C2)C(c2cccc(Cl)c2)C12C(=O)Nc1cc(Cl)c(F)cc12. The zero-order valence-corrected chi connectivity index (χ0v) is 24.0. The van der Waals surface area contributed by atoms with Crippen LogP contribution in [0.2, 0.25) is 10.0 Å². The Morgan fingerprint density at radius 3 is 2.64 bits per heavy atom. The number of carbonyl (C=O) groups is 2. The third-order valence-electron chi connectivity index (χ3n) is 8.56. The number of fused-ring (bicyclic) bond motifs is 2. The number of hydrogen-bond donors (Lipinski definition) is 4. The average Bonchev–Trinajstić information content (AvgIpc) is 3.49. The molecule has 1 saturated heterocycles. The van der Waals surface area contributed by atoms with Crippen molar-refractivity contribution < 1.29 is 19.1 Å². The molecule has 1 saturated carbocycles. The second-order valence-electron chi connectivity index (χ2n) is 12.5. The number of halogens is 3. The molecule has 2 aromatic rings. The van der Waals surface area contributed by atoms with E-state index in [0.29, 0.717) is 35.2 Å². The molecule has 9 heteroatoms. The third kappa shape index (κ3) is 5.31. The van der Waals surface area contributed by atoms with Crippen LogP contribution in [0.1, 0.15) is 69.9 Å². The summed E-state index contributed by atoms with van der Waals surface area (Å²) in [5, 5.41) is 19.8. The highest BCUT2D eigenvalue weighted by Crippen LogP contribution is 2.57. The summed E-state index contributed by atoms with van der Waals surface area (Å²) in [6.45, 7) is 6.71. The van der Waals surface area contributed by atoms with Crippen molar-refractivity contribution in [2.75, 3.05) is 11.9 Å². The monoisotopic (exact) mass is 575 g/mol. The Labute approximate surface area is 239 Å². The summed E-state index contributed by atoms with van der Waals surface area (Å²) in [5.41, 5.74) is 0.211. The number of aliphatic hydroxyl groups excluding tert-OH is 1. The Hall–Kier alpha value is -2.19. The topological polar surface area (TPSA) is 90.5 Å². The lowest BCUT2D eigenvalue weighted by Gasteiger charge is -2.37. The van der Waals surface area contributed by atoms with E-state index in [1.165, 1.54) is 12.1 Å². The van der Waals surface area contributed by atoms with E-state index in [-0.39, 0.29) is 28.4 Å². The highest BCUT2D eigenvalue weighted by Gasteiger charge is 2.65. The number of nitrogens with one attached hydrogen (secondary N) is 3. The molecule has 2 fully saturated rings. The molecular weight excluding hydrogens is 540 g/mol. The van der Waals surface area contributed by atoms with Crippen LogP contribution in [0.3, 0.4) is 0 Å². The molecule has 0 aromatic heterocycles. The van der Waals surface area contributed by atoms with Gasteiger partial charge in [0.25, 0.3) is 0 Å². The maximum absolute atomic E-state index is 15.0. The Bertz CT molecular complexity index is 1280. The first kappa shape index (κ1) is 28.3. The normalized spacial score (nSPS) is 30.0. The molecule has 210 valence electrons. The summed E-state index contributed by atoms with van der Waals surface area (Å²) in [4.78, 5) is 28.0. The summed E-state index contributed by atoms with van der Waals surface area (Å²) >= 11 is 12.5. The molecule has 1 spiro atoms. The molecule has 6 nitrogen and oxygen atoms in total. The van der Waals surface area contributed by atoms with E-state index in [1.807, 2.05) is 6.07 Å². The predicted molar refractivity (Wildman–Crippen MR) is 152 cm³/mol. The van der Waals surface area contributed by atoms with Crippen molar-refractivity contribution in [3.63, 3.8) is 0 Å². The van der Waals surface area contributed by atoms with E-state index >= 15 is 0 Å². The van der Waals surface area contributed by atoms with Crippen molar-refractivity contribution in [3.8, 4) is 0 Å². The van der Waals surface area contributed by atoms with Crippen LogP contribution in [0.25, 0.3) is 0 Å². The summed E-state index contributed by atoms with van der Waals surface area (Å²) < 4.78 is 15.0. The van der Waals surface area contributed by atoms with Gasteiger partial charge in [0.2, 0.25) is 11.8 Å². The quantitative estimate of drug-likeness (QED) is 0.363. The Kier molecular flexibility index (Phi) is 7.74. The molecule has 5 rings (SSSR count). The van der Waals surface area contributed by atoms with Crippen LogP contribution in [-0.2, 0) is 15.0 Å². The van der Waals surface area contributed by atoms with E-state index in [1.54, 1.807) is 18.2 Å². The van der Waals surface area contributed by atoms with E-state index < -0.39 is 29.2 Å². The lowest BCUT2D eigenvalue weighted by Crippen LogP contribution is -2.49. The average molecular weight is 577 g/mol. The van der Waals surface area contributed by atoms with Crippen LogP contribution < -0.4 is 16.0 Å². The van der Waals surface area contributed by atoms with Crippen molar-refractivity contribution in [1.29, 1.82) is 0 Å². The van der Waals surface area contributed by atoms with Gasteiger partial charge in [-0.05, 0) is 78.8 Å². The zero-order chi connectivity index (χ0) is 28.1. The molecule has 0 bridgehead atoms. The van der Waals surface area contributed by atoms with Crippen molar-refractivity contribution in [1.82, 2.24) is 10.6 Å². The van der Waals surface area contributed by atoms with Gasteiger partial charge in [0.05, 0.1) is 17.2 Å². The van der Waals surface area contributed by atoms with Gasteiger partial charge in [0, 0.05) is 29.2 Å². The number of anilines is 1. The number of benzene rings is 2. The second-order valence-corrected chi connectivity index (χ2v) is 13.4. The first-order valence-electron chi connectivity index (χ1n) is 13.7. The number of aliphatic hydroxyl groups is 1. The smallest absolute Gasteiger partial charge is 0.237 e. The number of amides is 2. The molecule has 2 heterocycles. The van der Waals surface area contributed by atoms with E-state index in [9.17, 15) is 19.1 Å². The maximum Gasteiger partial charge on any atom is 0.237 e. The molecule has 2 aliphatic heterocycles. The minimum absolute atomic E-state index is 0.0740. The fraction of sp³-hybridized carbons (Fsp3) is 0.533. The van der Waals surface area contributed by atoms with Crippen LogP contribution in [0.4, 0.5) is 10.1 Å². The zero-order valence-electron chi connectivity index (χ0n) is 22.5. The molecule has 1 aliphatic carbocycles. The minimum atomic E-state index is -1.27. The molecule has 3 aliphatic rings. The van der Waals surface area contributed by atoms with Gasteiger partial charge < -0.3 is 21.1 Å². The van der Waals surface area contributed by atoms with Crippen LogP contribution in [0.15, 0.2) is 36.4 Å².